The maximum absolute atomic E-state index is 9.07. The molecule has 0 bridgehead atoms. The SMILES string of the molecule is CC(CO)Sc1nc2c(cc1C#N)CCC2. The van der Waals surface area contributed by atoms with Crippen LogP contribution in [0.15, 0.2) is 11.1 Å². The molecule has 16 heavy (non-hydrogen) atoms. The summed E-state index contributed by atoms with van der Waals surface area (Å²) >= 11 is 1.48. The van der Waals surface area contributed by atoms with E-state index in [0.717, 1.165) is 30.0 Å². The van der Waals surface area contributed by atoms with E-state index in [4.69, 9.17) is 10.4 Å². The van der Waals surface area contributed by atoms with Gasteiger partial charge in [-0.3, -0.25) is 0 Å². The van der Waals surface area contributed by atoms with E-state index in [1.54, 1.807) is 0 Å². The van der Waals surface area contributed by atoms with Crippen molar-refractivity contribution in [2.45, 2.75) is 36.5 Å². The predicted molar refractivity (Wildman–Crippen MR) is 63.4 cm³/mol. The van der Waals surface area contributed by atoms with Gasteiger partial charge in [0.1, 0.15) is 11.1 Å². The zero-order valence-corrected chi connectivity index (χ0v) is 10.0. The Morgan fingerprint density at radius 2 is 2.44 bits per heavy atom. The minimum absolute atomic E-state index is 0.0825. The van der Waals surface area contributed by atoms with Gasteiger partial charge in [0.05, 0.1) is 12.2 Å². The molecule has 3 nitrogen and oxygen atoms in total. The van der Waals surface area contributed by atoms with Gasteiger partial charge in [-0.25, -0.2) is 4.98 Å². The summed E-state index contributed by atoms with van der Waals surface area (Å²) in [5.74, 6) is 0. The first-order valence-corrected chi connectivity index (χ1v) is 6.33. The summed E-state index contributed by atoms with van der Waals surface area (Å²) in [7, 11) is 0. The van der Waals surface area contributed by atoms with Gasteiger partial charge >= 0.3 is 0 Å². The van der Waals surface area contributed by atoms with Gasteiger partial charge in [0.15, 0.2) is 0 Å². The van der Waals surface area contributed by atoms with E-state index < -0.39 is 0 Å². The van der Waals surface area contributed by atoms with E-state index in [9.17, 15) is 0 Å². The normalized spacial score (nSPS) is 15.6. The Kier molecular flexibility index (Phi) is 3.47. The van der Waals surface area contributed by atoms with E-state index in [1.807, 2.05) is 13.0 Å². The molecule has 1 unspecified atom stereocenters. The number of fused-ring (bicyclic) bond motifs is 1. The van der Waals surface area contributed by atoms with E-state index in [2.05, 4.69) is 11.1 Å². The van der Waals surface area contributed by atoms with Gasteiger partial charge in [0.25, 0.3) is 0 Å². The number of thioether (sulfide) groups is 1. The van der Waals surface area contributed by atoms with Crippen molar-refractivity contribution in [2.24, 2.45) is 0 Å². The lowest BCUT2D eigenvalue weighted by atomic mass is 10.2. The highest BCUT2D eigenvalue weighted by atomic mass is 32.2. The first kappa shape index (κ1) is 11.4. The highest BCUT2D eigenvalue weighted by Gasteiger charge is 2.17. The monoisotopic (exact) mass is 234 g/mol. The summed E-state index contributed by atoms with van der Waals surface area (Å²) in [5, 5.41) is 18.9. The summed E-state index contributed by atoms with van der Waals surface area (Å²) in [5.41, 5.74) is 3.00. The summed E-state index contributed by atoms with van der Waals surface area (Å²) in [6, 6.07) is 4.15. The lowest BCUT2D eigenvalue weighted by Gasteiger charge is -2.10. The number of nitriles is 1. The highest BCUT2D eigenvalue weighted by molar-refractivity contribution is 7.99. The second kappa shape index (κ2) is 4.86. The van der Waals surface area contributed by atoms with Gasteiger partial charge in [-0.05, 0) is 30.9 Å². The van der Waals surface area contributed by atoms with Crippen LogP contribution in [0.5, 0.6) is 0 Å². The zero-order valence-electron chi connectivity index (χ0n) is 9.23. The zero-order chi connectivity index (χ0) is 11.5. The van der Waals surface area contributed by atoms with Crippen LogP contribution in [0, 0.1) is 11.3 Å². The van der Waals surface area contributed by atoms with Crippen LogP contribution in [0.4, 0.5) is 0 Å². The summed E-state index contributed by atoms with van der Waals surface area (Å²) < 4.78 is 0. The number of rotatable bonds is 3. The molecule has 0 aromatic carbocycles. The molecule has 1 heterocycles. The Morgan fingerprint density at radius 3 is 3.12 bits per heavy atom. The molecule has 1 aromatic rings. The molecule has 1 atom stereocenters. The van der Waals surface area contributed by atoms with Crippen LogP contribution in [0.3, 0.4) is 0 Å². The fourth-order valence-corrected chi connectivity index (χ4v) is 2.70. The van der Waals surface area contributed by atoms with Gasteiger partial charge in [0, 0.05) is 10.9 Å². The Balaban J connectivity index is 2.33. The van der Waals surface area contributed by atoms with Crippen molar-refractivity contribution in [1.82, 2.24) is 4.98 Å². The molecule has 1 N–H and O–H groups in total. The van der Waals surface area contributed by atoms with Crippen LogP contribution in [-0.2, 0) is 12.8 Å². The Bertz CT molecular complexity index is 439. The molecule has 1 aliphatic rings. The van der Waals surface area contributed by atoms with Crippen molar-refractivity contribution in [2.75, 3.05) is 6.61 Å². The molecular weight excluding hydrogens is 220 g/mol. The highest BCUT2D eigenvalue weighted by Crippen LogP contribution is 2.29. The molecule has 1 aliphatic carbocycles. The smallest absolute Gasteiger partial charge is 0.114 e. The van der Waals surface area contributed by atoms with E-state index in [1.165, 1.54) is 17.3 Å². The van der Waals surface area contributed by atoms with E-state index in [-0.39, 0.29) is 11.9 Å². The van der Waals surface area contributed by atoms with Crippen molar-refractivity contribution in [3.8, 4) is 6.07 Å². The molecule has 0 aliphatic heterocycles. The third-order valence-electron chi connectivity index (χ3n) is 2.71. The molecule has 0 spiro atoms. The maximum atomic E-state index is 9.07. The lowest BCUT2D eigenvalue weighted by Crippen LogP contribution is -2.04. The molecule has 0 saturated carbocycles. The van der Waals surface area contributed by atoms with Crippen LogP contribution >= 0.6 is 11.8 Å². The number of hydrogen-bond donors (Lipinski definition) is 1. The molecular formula is C12H14N2OS. The Hall–Kier alpha value is -1.05. The third kappa shape index (κ3) is 2.21. The van der Waals surface area contributed by atoms with E-state index >= 15 is 0 Å². The van der Waals surface area contributed by atoms with Crippen LogP contribution in [-0.4, -0.2) is 21.9 Å². The molecule has 0 fully saturated rings. The quantitative estimate of drug-likeness (QED) is 0.812. The fraction of sp³-hybridized carbons (Fsp3) is 0.500. The second-order valence-corrected chi connectivity index (χ2v) is 5.45. The molecule has 0 saturated heterocycles. The van der Waals surface area contributed by atoms with Crippen LogP contribution in [0.25, 0.3) is 0 Å². The average molecular weight is 234 g/mol. The van der Waals surface area contributed by atoms with Gasteiger partial charge < -0.3 is 5.11 Å². The number of aliphatic hydroxyl groups excluding tert-OH is 1. The van der Waals surface area contributed by atoms with Gasteiger partial charge in [0.2, 0.25) is 0 Å². The number of pyridine rings is 1. The number of aryl methyl sites for hydroxylation is 2. The van der Waals surface area contributed by atoms with Crippen molar-refractivity contribution in [3.05, 3.63) is 22.9 Å². The molecule has 2 rings (SSSR count). The van der Waals surface area contributed by atoms with Gasteiger partial charge in [-0.15, -0.1) is 0 Å². The van der Waals surface area contributed by atoms with E-state index in [0.29, 0.717) is 5.56 Å². The van der Waals surface area contributed by atoms with Crippen molar-refractivity contribution in [3.63, 3.8) is 0 Å². The minimum atomic E-state index is 0.0825. The van der Waals surface area contributed by atoms with Crippen molar-refractivity contribution in [1.29, 1.82) is 5.26 Å². The molecule has 4 heteroatoms. The maximum Gasteiger partial charge on any atom is 0.114 e. The van der Waals surface area contributed by atoms with Crippen LogP contribution in [0.1, 0.15) is 30.2 Å². The second-order valence-electron chi connectivity index (χ2n) is 4.02. The topological polar surface area (TPSA) is 56.9 Å². The molecule has 0 radical (unpaired) electrons. The fourth-order valence-electron chi connectivity index (χ4n) is 1.85. The predicted octanol–water partition coefficient (Wildman–Crippen LogP) is 1.91. The third-order valence-corrected chi connectivity index (χ3v) is 3.79. The van der Waals surface area contributed by atoms with Gasteiger partial charge in [-0.1, -0.05) is 18.7 Å². The minimum Gasteiger partial charge on any atom is -0.395 e. The molecule has 0 amide bonds. The summed E-state index contributed by atoms with van der Waals surface area (Å²) in [6.07, 6.45) is 3.19. The number of aromatic nitrogens is 1. The van der Waals surface area contributed by atoms with Crippen molar-refractivity contribution >= 4 is 11.8 Å². The summed E-state index contributed by atoms with van der Waals surface area (Å²) in [6.45, 7) is 2.04. The number of aliphatic hydroxyl groups is 1. The Morgan fingerprint density at radius 1 is 1.62 bits per heavy atom. The largest absolute Gasteiger partial charge is 0.395 e. The molecule has 1 aromatic heterocycles. The van der Waals surface area contributed by atoms with Crippen LogP contribution in [0.2, 0.25) is 0 Å². The first-order chi connectivity index (χ1) is 7.74. The lowest BCUT2D eigenvalue weighted by molar-refractivity contribution is 0.300. The number of hydrogen-bond acceptors (Lipinski definition) is 4. The Labute approximate surface area is 99.5 Å². The summed E-state index contributed by atoms with van der Waals surface area (Å²) in [4.78, 5) is 4.54. The van der Waals surface area contributed by atoms with Crippen molar-refractivity contribution < 1.29 is 5.11 Å². The average Bonchev–Trinajstić information content (AvgIpc) is 2.74. The molecule has 84 valence electrons. The standard InChI is InChI=1S/C12H14N2OS/c1-8(7-15)16-12-10(6-13)5-9-3-2-4-11(9)14-12/h5,8,15H,2-4,7H2,1H3. The van der Waals surface area contributed by atoms with Crippen LogP contribution < -0.4 is 0 Å². The first-order valence-electron chi connectivity index (χ1n) is 5.45. The van der Waals surface area contributed by atoms with Gasteiger partial charge in [-0.2, -0.15) is 5.26 Å². The number of nitrogens with zero attached hydrogens (tertiary/aromatic N) is 2.